The van der Waals surface area contributed by atoms with Crippen LogP contribution in [-0.2, 0) is 6.42 Å². The number of nitrogens with one attached hydrogen (secondary N) is 2. The zero-order valence-corrected chi connectivity index (χ0v) is 13.4. The van der Waals surface area contributed by atoms with Crippen molar-refractivity contribution in [1.29, 1.82) is 0 Å². The van der Waals surface area contributed by atoms with E-state index in [9.17, 15) is 9.90 Å². The molecule has 3 N–H and O–H groups in total. The predicted octanol–water partition coefficient (Wildman–Crippen LogP) is 2.42. The zero-order valence-electron chi connectivity index (χ0n) is 12.6. The number of urea groups is 1. The van der Waals surface area contributed by atoms with Crippen molar-refractivity contribution in [3.8, 4) is 0 Å². The Bertz CT molecular complexity index is 586. The lowest BCUT2D eigenvalue weighted by Crippen LogP contribution is -2.39. The first kappa shape index (κ1) is 16.5. The molecule has 0 spiro atoms. The number of carbonyl (C=O) groups excluding carboxylic acids is 1. The number of aliphatic hydroxyl groups excluding tert-OH is 1. The van der Waals surface area contributed by atoms with Gasteiger partial charge in [0.2, 0.25) is 0 Å². The molecule has 2 amide bonds. The van der Waals surface area contributed by atoms with Crippen molar-refractivity contribution < 1.29 is 9.90 Å². The lowest BCUT2D eigenvalue weighted by Gasteiger charge is -2.17. The highest BCUT2D eigenvalue weighted by molar-refractivity contribution is 7.09. The Morgan fingerprint density at radius 3 is 2.77 bits per heavy atom. The summed E-state index contributed by atoms with van der Waals surface area (Å²) in [5.41, 5.74) is 1.93. The van der Waals surface area contributed by atoms with Crippen LogP contribution < -0.4 is 10.6 Å². The third kappa shape index (κ3) is 5.13. The SMILES string of the molecule is Cc1csc(CCCNC(=O)N[C@H](CO)c2ccccc2)n1. The summed E-state index contributed by atoms with van der Waals surface area (Å²) >= 11 is 1.65. The molecule has 0 saturated carbocycles. The highest BCUT2D eigenvalue weighted by Crippen LogP contribution is 2.12. The molecule has 0 fully saturated rings. The number of aromatic nitrogens is 1. The Morgan fingerprint density at radius 2 is 2.14 bits per heavy atom. The van der Waals surface area contributed by atoms with Crippen LogP contribution in [0.2, 0.25) is 0 Å². The Balaban J connectivity index is 1.70. The highest BCUT2D eigenvalue weighted by Gasteiger charge is 2.12. The maximum absolute atomic E-state index is 11.9. The number of amides is 2. The minimum atomic E-state index is -0.386. The standard InChI is InChI=1S/C16H21N3O2S/c1-12-11-22-15(18-12)8-5-9-17-16(21)19-14(10-20)13-6-3-2-4-7-13/h2-4,6-7,11,14,20H,5,8-10H2,1H3,(H2,17,19,21)/t14-/m1/s1. The Morgan fingerprint density at radius 1 is 1.36 bits per heavy atom. The summed E-state index contributed by atoms with van der Waals surface area (Å²) < 4.78 is 0. The molecule has 6 heteroatoms. The first-order valence-electron chi connectivity index (χ1n) is 7.30. The fraction of sp³-hybridized carbons (Fsp3) is 0.375. The first-order chi connectivity index (χ1) is 10.7. The van der Waals surface area contributed by atoms with Crippen LogP contribution in [0.5, 0.6) is 0 Å². The molecule has 0 unspecified atom stereocenters. The molecule has 0 aliphatic heterocycles. The fourth-order valence-corrected chi connectivity index (χ4v) is 2.91. The number of carbonyl (C=O) groups is 1. The number of aliphatic hydroxyl groups is 1. The summed E-state index contributed by atoms with van der Waals surface area (Å²) in [5, 5.41) is 18.1. The van der Waals surface area contributed by atoms with Crippen molar-refractivity contribution in [2.75, 3.05) is 13.2 Å². The van der Waals surface area contributed by atoms with Crippen molar-refractivity contribution in [2.45, 2.75) is 25.8 Å². The summed E-state index contributed by atoms with van der Waals surface area (Å²) in [6, 6.07) is 8.78. The third-order valence-electron chi connectivity index (χ3n) is 3.21. The van der Waals surface area contributed by atoms with Crippen molar-refractivity contribution >= 4 is 17.4 Å². The van der Waals surface area contributed by atoms with Gasteiger partial charge in [-0.25, -0.2) is 9.78 Å². The molecule has 1 heterocycles. The summed E-state index contributed by atoms with van der Waals surface area (Å²) in [6.07, 6.45) is 1.70. The van der Waals surface area contributed by atoms with Gasteiger partial charge >= 0.3 is 6.03 Å². The van der Waals surface area contributed by atoms with E-state index in [2.05, 4.69) is 15.6 Å². The van der Waals surface area contributed by atoms with Gasteiger partial charge in [-0.15, -0.1) is 11.3 Å². The van der Waals surface area contributed by atoms with Crippen LogP contribution in [0, 0.1) is 6.92 Å². The van der Waals surface area contributed by atoms with Gasteiger partial charge in [-0.1, -0.05) is 30.3 Å². The van der Waals surface area contributed by atoms with Crippen LogP contribution in [0.3, 0.4) is 0 Å². The van der Waals surface area contributed by atoms with E-state index in [-0.39, 0.29) is 18.7 Å². The maximum Gasteiger partial charge on any atom is 0.315 e. The normalized spacial score (nSPS) is 11.9. The number of nitrogens with zero attached hydrogens (tertiary/aromatic N) is 1. The average Bonchev–Trinajstić information content (AvgIpc) is 2.95. The molecule has 1 aromatic carbocycles. The molecule has 0 saturated heterocycles. The van der Waals surface area contributed by atoms with Crippen molar-refractivity contribution in [1.82, 2.24) is 15.6 Å². The third-order valence-corrected chi connectivity index (χ3v) is 4.24. The van der Waals surface area contributed by atoms with Gasteiger partial charge in [-0.2, -0.15) is 0 Å². The molecular weight excluding hydrogens is 298 g/mol. The van der Waals surface area contributed by atoms with Crippen LogP contribution in [0.1, 0.15) is 28.7 Å². The molecule has 22 heavy (non-hydrogen) atoms. The molecular formula is C16H21N3O2S. The Hall–Kier alpha value is -1.92. The highest BCUT2D eigenvalue weighted by atomic mass is 32.1. The van der Waals surface area contributed by atoms with E-state index < -0.39 is 0 Å². The van der Waals surface area contributed by atoms with Crippen LogP contribution in [0.15, 0.2) is 35.7 Å². The lowest BCUT2D eigenvalue weighted by molar-refractivity contribution is 0.217. The fourth-order valence-electron chi connectivity index (χ4n) is 2.09. The lowest BCUT2D eigenvalue weighted by atomic mass is 10.1. The smallest absolute Gasteiger partial charge is 0.315 e. The number of benzene rings is 1. The van der Waals surface area contributed by atoms with Gasteiger partial charge in [-0.3, -0.25) is 0 Å². The van der Waals surface area contributed by atoms with Crippen LogP contribution in [0.4, 0.5) is 4.79 Å². The van der Waals surface area contributed by atoms with E-state index in [1.165, 1.54) is 0 Å². The Labute approximate surface area is 134 Å². The summed E-state index contributed by atoms with van der Waals surface area (Å²) in [5.74, 6) is 0. The van der Waals surface area contributed by atoms with E-state index in [0.717, 1.165) is 29.1 Å². The molecule has 1 aromatic heterocycles. The van der Waals surface area contributed by atoms with Crippen molar-refractivity contribution in [3.63, 3.8) is 0 Å². The number of thiazole rings is 1. The van der Waals surface area contributed by atoms with Crippen LogP contribution in [0.25, 0.3) is 0 Å². The molecule has 0 bridgehead atoms. The van der Waals surface area contributed by atoms with Gasteiger partial charge in [0.05, 0.1) is 17.7 Å². The van der Waals surface area contributed by atoms with Gasteiger partial charge in [0.15, 0.2) is 0 Å². The number of hydrogen-bond donors (Lipinski definition) is 3. The summed E-state index contributed by atoms with van der Waals surface area (Å²) in [4.78, 5) is 16.2. The topological polar surface area (TPSA) is 74.2 Å². The van der Waals surface area contributed by atoms with Crippen LogP contribution in [-0.4, -0.2) is 29.3 Å². The van der Waals surface area contributed by atoms with E-state index in [1.54, 1.807) is 11.3 Å². The predicted molar refractivity (Wildman–Crippen MR) is 88.0 cm³/mol. The minimum Gasteiger partial charge on any atom is -0.394 e. The molecule has 0 aliphatic carbocycles. The second-order valence-corrected chi connectivity index (χ2v) is 5.97. The Kier molecular flexibility index (Phi) is 6.36. The van der Waals surface area contributed by atoms with E-state index in [1.807, 2.05) is 42.6 Å². The van der Waals surface area contributed by atoms with E-state index in [0.29, 0.717) is 6.54 Å². The molecule has 118 valence electrons. The maximum atomic E-state index is 11.9. The number of hydrogen-bond acceptors (Lipinski definition) is 4. The van der Waals surface area contributed by atoms with Gasteiger partial charge in [0.1, 0.15) is 0 Å². The van der Waals surface area contributed by atoms with Gasteiger partial charge in [0.25, 0.3) is 0 Å². The first-order valence-corrected chi connectivity index (χ1v) is 8.18. The van der Waals surface area contributed by atoms with Gasteiger partial charge < -0.3 is 15.7 Å². The summed E-state index contributed by atoms with van der Waals surface area (Å²) in [6.45, 7) is 2.43. The molecule has 1 atom stereocenters. The quantitative estimate of drug-likeness (QED) is 0.686. The van der Waals surface area contributed by atoms with Crippen molar-refractivity contribution in [2.24, 2.45) is 0 Å². The van der Waals surface area contributed by atoms with E-state index >= 15 is 0 Å². The minimum absolute atomic E-state index is 0.129. The zero-order chi connectivity index (χ0) is 15.8. The van der Waals surface area contributed by atoms with Gasteiger partial charge in [0, 0.05) is 24.0 Å². The second kappa shape index (κ2) is 8.51. The van der Waals surface area contributed by atoms with Gasteiger partial charge in [-0.05, 0) is 18.9 Å². The number of aryl methyl sites for hydroxylation is 2. The molecule has 0 aliphatic rings. The van der Waals surface area contributed by atoms with Crippen LogP contribution >= 0.6 is 11.3 Å². The van der Waals surface area contributed by atoms with Crippen molar-refractivity contribution in [3.05, 3.63) is 52.0 Å². The molecule has 5 nitrogen and oxygen atoms in total. The monoisotopic (exact) mass is 319 g/mol. The second-order valence-electron chi connectivity index (χ2n) is 5.03. The summed E-state index contributed by atoms with van der Waals surface area (Å²) in [7, 11) is 0. The molecule has 2 aromatic rings. The van der Waals surface area contributed by atoms with E-state index in [4.69, 9.17) is 0 Å². The average molecular weight is 319 g/mol. The molecule has 2 rings (SSSR count). The molecule has 0 radical (unpaired) electrons. The largest absolute Gasteiger partial charge is 0.394 e. The number of rotatable bonds is 7.